The average molecular weight is 517 g/mol. The lowest BCUT2D eigenvalue weighted by Crippen LogP contribution is -2.40. The second-order valence-corrected chi connectivity index (χ2v) is 8.62. The topological polar surface area (TPSA) is 85.7 Å². The number of amides is 2. The fraction of sp³-hybridized carbons (Fsp3) is 0.207. The van der Waals surface area contributed by atoms with E-state index in [1.807, 2.05) is 30.3 Å². The van der Waals surface area contributed by atoms with Crippen molar-refractivity contribution in [2.75, 3.05) is 39.2 Å². The number of rotatable bonds is 10. The number of hydrogen-bond acceptors (Lipinski definition) is 5. The molecule has 4 rings (SSSR count). The molecule has 2 amide bonds. The number of halogens is 1. The van der Waals surface area contributed by atoms with E-state index in [0.29, 0.717) is 28.3 Å². The van der Waals surface area contributed by atoms with Crippen LogP contribution >= 0.6 is 0 Å². The summed E-state index contributed by atoms with van der Waals surface area (Å²) in [4.78, 5) is 32.4. The molecule has 0 unspecified atom stereocenters. The predicted octanol–water partition coefficient (Wildman–Crippen LogP) is 4.72. The molecule has 4 aromatic rings. The molecule has 0 aliphatic heterocycles. The molecule has 0 saturated heterocycles. The van der Waals surface area contributed by atoms with Crippen molar-refractivity contribution in [3.05, 3.63) is 95.9 Å². The summed E-state index contributed by atoms with van der Waals surface area (Å²) in [5, 5.41) is 2.80. The summed E-state index contributed by atoms with van der Waals surface area (Å²) in [5.41, 5.74) is 2.87. The molecule has 1 heterocycles. The molecule has 0 aliphatic rings. The number of anilines is 1. The number of hydrogen-bond donors (Lipinski definition) is 1. The molecule has 0 saturated carbocycles. The van der Waals surface area contributed by atoms with Crippen LogP contribution in [0, 0.1) is 12.7 Å². The molecule has 0 radical (unpaired) electrons. The Labute approximate surface area is 220 Å². The predicted molar refractivity (Wildman–Crippen MR) is 143 cm³/mol. The Morgan fingerprint density at radius 2 is 1.76 bits per heavy atom. The zero-order valence-electron chi connectivity index (χ0n) is 21.5. The molecule has 8 nitrogen and oxygen atoms in total. The summed E-state index contributed by atoms with van der Waals surface area (Å²) in [6.07, 6.45) is 1.74. The van der Waals surface area contributed by atoms with E-state index in [9.17, 15) is 14.0 Å². The monoisotopic (exact) mass is 516 g/mol. The quantitative estimate of drug-likeness (QED) is 0.330. The van der Waals surface area contributed by atoms with Crippen LogP contribution in [0.15, 0.2) is 79.0 Å². The molecule has 196 valence electrons. The first kappa shape index (κ1) is 26.6. The third kappa shape index (κ3) is 6.24. The van der Waals surface area contributed by atoms with Crippen molar-refractivity contribution >= 4 is 17.8 Å². The van der Waals surface area contributed by atoms with Crippen LogP contribution in [-0.4, -0.2) is 60.2 Å². The molecule has 0 atom stereocenters. The van der Waals surface area contributed by atoms with E-state index in [4.69, 9.17) is 9.47 Å². The Bertz CT molecular complexity index is 1400. The maximum Gasteiger partial charge on any atom is 0.254 e. The van der Waals surface area contributed by atoms with E-state index in [0.717, 1.165) is 5.56 Å². The Morgan fingerprint density at radius 1 is 1.03 bits per heavy atom. The highest BCUT2D eigenvalue weighted by atomic mass is 19.1. The van der Waals surface area contributed by atoms with E-state index < -0.39 is 5.91 Å². The molecule has 0 bridgehead atoms. The Morgan fingerprint density at radius 3 is 2.42 bits per heavy atom. The van der Waals surface area contributed by atoms with Crippen molar-refractivity contribution in [1.29, 1.82) is 0 Å². The summed E-state index contributed by atoms with van der Waals surface area (Å²) in [5.74, 6) is -0.321. The minimum Gasteiger partial charge on any atom is -0.497 e. The molecule has 3 aromatic carbocycles. The van der Waals surface area contributed by atoms with Gasteiger partial charge in [0.1, 0.15) is 18.1 Å². The van der Waals surface area contributed by atoms with Crippen LogP contribution in [0.2, 0.25) is 0 Å². The Kier molecular flexibility index (Phi) is 8.50. The minimum atomic E-state index is -0.456. The summed E-state index contributed by atoms with van der Waals surface area (Å²) < 4.78 is 26.3. The van der Waals surface area contributed by atoms with Gasteiger partial charge in [0.2, 0.25) is 11.9 Å². The Balaban J connectivity index is 1.60. The Hall–Kier alpha value is -4.50. The number of nitrogens with zero attached hydrogens (tertiary/aromatic N) is 3. The molecule has 0 aliphatic carbocycles. The highest BCUT2D eigenvalue weighted by Gasteiger charge is 2.21. The smallest absolute Gasteiger partial charge is 0.254 e. The summed E-state index contributed by atoms with van der Waals surface area (Å²) in [6, 6.07) is 20.9. The maximum atomic E-state index is 14.4. The van der Waals surface area contributed by atoms with Gasteiger partial charge in [0.05, 0.1) is 25.1 Å². The first-order valence-electron chi connectivity index (χ1n) is 12.0. The maximum absolute atomic E-state index is 14.4. The van der Waals surface area contributed by atoms with Crippen LogP contribution in [-0.2, 0) is 9.53 Å². The van der Waals surface area contributed by atoms with Crippen LogP contribution in [0.5, 0.6) is 5.75 Å². The lowest BCUT2D eigenvalue weighted by atomic mass is 10.2. The number of carbonyl (C=O) groups excluding carboxylic acids is 2. The summed E-state index contributed by atoms with van der Waals surface area (Å²) in [7, 11) is 3.07. The van der Waals surface area contributed by atoms with Gasteiger partial charge < -0.3 is 14.4 Å². The third-order valence-electron chi connectivity index (χ3n) is 5.98. The summed E-state index contributed by atoms with van der Waals surface area (Å²) in [6.45, 7) is 1.91. The zero-order valence-corrected chi connectivity index (χ0v) is 21.5. The van der Waals surface area contributed by atoms with Crippen molar-refractivity contribution < 1.29 is 23.5 Å². The van der Waals surface area contributed by atoms with Crippen LogP contribution < -0.4 is 10.1 Å². The SMILES string of the molecule is COCCN(CC(=O)Nc1nc(-c2ccccc2)cn1-c1ccc(C)c(F)c1)C(=O)c1ccc(OC)cc1. The van der Waals surface area contributed by atoms with Crippen molar-refractivity contribution in [3.8, 4) is 22.7 Å². The number of ether oxygens (including phenoxy) is 2. The first-order valence-corrected chi connectivity index (χ1v) is 12.0. The zero-order chi connectivity index (χ0) is 27.1. The molecular weight excluding hydrogens is 487 g/mol. The number of nitrogens with one attached hydrogen (secondary N) is 1. The van der Waals surface area contributed by atoms with E-state index >= 15 is 0 Å². The molecule has 1 aromatic heterocycles. The van der Waals surface area contributed by atoms with Gasteiger partial charge in [0, 0.05) is 31.0 Å². The van der Waals surface area contributed by atoms with Crippen molar-refractivity contribution in [1.82, 2.24) is 14.5 Å². The van der Waals surface area contributed by atoms with E-state index in [1.165, 1.54) is 18.1 Å². The van der Waals surface area contributed by atoms with Gasteiger partial charge in [0.25, 0.3) is 5.91 Å². The van der Waals surface area contributed by atoms with E-state index in [-0.39, 0.29) is 37.4 Å². The van der Waals surface area contributed by atoms with Crippen LogP contribution in [0.25, 0.3) is 16.9 Å². The standard InChI is InChI=1S/C29H29FN4O4/c1-20-9-12-23(17-25(20)30)34-18-26(21-7-5-4-6-8-21)31-29(34)32-27(35)19-33(15-16-37-2)28(36)22-10-13-24(38-3)14-11-22/h4-14,17-18H,15-16,19H2,1-3H3,(H,31,32,35). The second-order valence-electron chi connectivity index (χ2n) is 8.62. The van der Waals surface area contributed by atoms with Crippen molar-refractivity contribution in [2.24, 2.45) is 0 Å². The van der Waals surface area contributed by atoms with Gasteiger partial charge in [-0.3, -0.25) is 19.5 Å². The molecule has 0 fully saturated rings. The number of methoxy groups -OCH3 is 2. The lowest BCUT2D eigenvalue weighted by molar-refractivity contribution is -0.117. The number of imidazole rings is 1. The third-order valence-corrected chi connectivity index (χ3v) is 5.98. The molecule has 1 N–H and O–H groups in total. The lowest BCUT2D eigenvalue weighted by Gasteiger charge is -2.22. The fourth-order valence-corrected chi connectivity index (χ4v) is 3.85. The van der Waals surface area contributed by atoms with Gasteiger partial charge >= 0.3 is 0 Å². The summed E-state index contributed by atoms with van der Waals surface area (Å²) >= 11 is 0. The number of benzene rings is 3. The van der Waals surface area contributed by atoms with Gasteiger partial charge in [0.15, 0.2) is 0 Å². The van der Waals surface area contributed by atoms with Gasteiger partial charge in [-0.05, 0) is 48.9 Å². The number of aromatic nitrogens is 2. The normalized spacial score (nSPS) is 10.7. The van der Waals surface area contributed by atoms with Crippen molar-refractivity contribution in [3.63, 3.8) is 0 Å². The van der Waals surface area contributed by atoms with E-state index in [1.54, 1.807) is 61.2 Å². The van der Waals surface area contributed by atoms with Gasteiger partial charge in [-0.15, -0.1) is 0 Å². The molecule has 9 heteroatoms. The molecule has 0 spiro atoms. The van der Waals surface area contributed by atoms with Gasteiger partial charge in [-0.25, -0.2) is 9.37 Å². The fourth-order valence-electron chi connectivity index (χ4n) is 3.85. The van der Waals surface area contributed by atoms with Crippen LogP contribution in [0.4, 0.5) is 10.3 Å². The van der Waals surface area contributed by atoms with Crippen molar-refractivity contribution in [2.45, 2.75) is 6.92 Å². The second kappa shape index (κ2) is 12.2. The number of aryl methyl sites for hydroxylation is 1. The highest BCUT2D eigenvalue weighted by Crippen LogP contribution is 2.25. The number of carbonyl (C=O) groups is 2. The first-order chi connectivity index (χ1) is 18.4. The largest absolute Gasteiger partial charge is 0.497 e. The van der Waals surface area contributed by atoms with Crippen LogP contribution in [0.3, 0.4) is 0 Å². The van der Waals surface area contributed by atoms with Gasteiger partial charge in [-0.2, -0.15) is 0 Å². The molecular formula is C29H29FN4O4. The van der Waals surface area contributed by atoms with Crippen LogP contribution in [0.1, 0.15) is 15.9 Å². The average Bonchev–Trinajstić information content (AvgIpc) is 3.36. The minimum absolute atomic E-state index is 0.209. The molecule has 38 heavy (non-hydrogen) atoms. The van der Waals surface area contributed by atoms with E-state index in [2.05, 4.69) is 10.3 Å². The van der Waals surface area contributed by atoms with Gasteiger partial charge in [-0.1, -0.05) is 36.4 Å². The highest BCUT2D eigenvalue weighted by molar-refractivity contribution is 5.99.